The molecule has 3 rings (SSSR count). The van der Waals surface area contributed by atoms with Crippen molar-refractivity contribution in [1.82, 2.24) is 4.90 Å². The number of anilines is 1. The zero-order valence-corrected chi connectivity index (χ0v) is 17.8. The molecule has 0 bridgehead atoms. The van der Waals surface area contributed by atoms with E-state index in [1.165, 1.54) is 19.1 Å². The van der Waals surface area contributed by atoms with Crippen molar-refractivity contribution in [3.8, 4) is 0 Å². The lowest BCUT2D eigenvalue weighted by molar-refractivity contribution is -0.148. The monoisotopic (exact) mass is 444 g/mol. The highest BCUT2D eigenvalue weighted by atomic mass is 35.5. The Kier molecular flexibility index (Phi) is 7.41. The minimum absolute atomic E-state index is 0.196. The van der Waals surface area contributed by atoms with Gasteiger partial charge in [0.2, 0.25) is 0 Å². The Balaban J connectivity index is 1.47. The Labute approximate surface area is 184 Å². The molecule has 0 unspecified atom stereocenters. The van der Waals surface area contributed by atoms with E-state index in [0.29, 0.717) is 42.5 Å². The van der Waals surface area contributed by atoms with E-state index in [-0.39, 0.29) is 18.3 Å². The van der Waals surface area contributed by atoms with Gasteiger partial charge in [-0.25, -0.2) is 9.18 Å². The zero-order valence-electron chi connectivity index (χ0n) is 17.0. The predicted octanol–water partition coefficient (Wildman–Crippen LogP) is 3.59. The maximum absolute atomic E-state index is 14.3. The third kappa shape index (κ3) is 6.15. The number of hydrogen-bond donors (Lipinski definition) is 0. The van der Waals surface area contributed by atoms with Gasteiger partial charge in [0.25, 0.3) is 5.91 Å². The molecular weight excluding hydrogens is 423 g/mol. The molecule has 1 aliphatic heterocycles. The summed E-state index contributed by atoms with van der Waals surface area (Å²) >= 11 is 5.89. The molecule has 1 fully saturated rings. The summed E-state index contributed by atoms with van der Waals surface area (Å²) in [6, 6.07) is 11.4. The summed E-state index contributed by atoms with van der Waals surface area (Å²) in [5, 5.41) is 0.555. The number of rotatable bonds is 6. The van der Waals surface area contributed by atoms with Crippen LogP contribution in [-0.4, -0.2) is 55.3 Å². The number of amides is 1. The van der Waals surface area contributed by atoms with Crippen LogP contribution in [0.5, 0.6) is 0 Å². The van der Waals surface area contributed by atoms with Crippen molar-refractivity contribution >= 4 is 41.0 Å². The summed E-state index contributed by atoms with van der Waals surface area (Å²) in [6.45, 7) is 2.65. The van der Waals surface area contributed by atoms with Crippen LogP contribution in [0.2, 0.25) is 5.02 Å². The van der Waals surface area contributed by atoms with Crippen molar-refractivity contribution in [3.05, 3.63) is 70.5 Å². The van der Waals surface area contributed by atoms with Gasteiger partial charge in [-0.2, -0.15) is 0 Å². The van der Waals surface area contributed by atoms with E-state index >= 15 is 0 Å². The van der Waals surface area contributed by atoms with Crippen LogP contribution < -0.4 is 4.90 Å². The molecule has 0 atom stereocenters. The Hall–Kier alpha value is -3.19. The fraction of sp³-hybridized carbons (Fsp3) is 0.261. The molecule has 0 spiro atoms. The summed E-state index contributed by atoms with van der Waals surface area (Å²) in [6.07, 6.45) is 2.80. The van der Waals surface area contributed by atoms with E-state index in [9.17, 15) is 18.8 Å². The van der Waals surface area contributed by atoms with Crippen LogP contribution in [0.1, 0.15) is 22.8 Å². The number of carbonyl (C=O) groups excluding carboxylic acids is 3. The minimum atomic E-state index is -0.625. The van der Waals surface area contributed by atoms with Gasteiger partial charge in [0.05, 0.1) is 5.69 Å². The second-order valence-corrected chi connectivity index (χ2v) is 7.52. The van der Waals surface area contributed by atoms with Crippen molar-refractivity contribution in [1.29, 1.82) is 0 Å². The van der Waals surface area contributed by atoms with Crippen LogP contribution in [0.15, 0.2) is 48.5 Å². The molecular formula is C23H22ClFN2O4. The first-order valence-corrected chi connectivity index (χ1v) is 10.1. The highest BCUT2D eigenvalue weighted by molar-refractivity contribution is 6.30. The molecule has 2 aromatic rings. The van der Waals surface area contributed by atoms with Gasteiger partial charge in [-0.3, -0.25) is 9.59 Å². The first kappa shape index (κ1) is 22.5. The second-order valence-electron chi connectivity index (χ2n) is 7.09. The summed E-state index contributed by atoms with van der Waals surface area (Å²) in [7, 11) is 0. The predicted molar refractivity (Wildman–Crippen MR) is 117 cm³/mol. The molecule has 31 heavy (non-hydrogen) atoms. The maximum Gasteiger partial charge on any atom is 0.331 e. The summed E-state index contributed by atoms with van der Waals surface area (Å²) < 4.78 is 19.4. The normalized spacial score (nSPS) is 14.0. The lowest BCUT2D eigenvalue weighted by Crippen LogP contribution is -2.50. The first-order valence-electron chi connectivity index (χ1n) is 9.77. The zero-order chi connectivity index (χ0) is 22.4. The van der Waals surface area contributed by atoms with Crippen LogP contribution in [0, 0.1) is 5.82 Å². The van der Waals surface area contributed by atoms with Crippen LogP contribution in [0.25, 0.3) is 6.08 Å². The molecule has 1 aliphatic rings. The van der Waals surface area contributed by atoms with Gasteiger partial charge in [-0.1, -0.05) is 23.7 Å². The van der Waals surface area contributed by atoms with Gasteiger partial charge in [-0.15, -0.1) is 0 Å². The molecule has 8 heteroatoms. The van der Waals surface area contributed by atoms with E-state index < -0.39 is 11.8 Å². The molecule has 0 N–H and O–H groups in total. The molecule has 2 aromatic carbocycles. The molecule has 1 saturated heterocycles. The molecule has 0 aliphatic carbocycles. The number of ketones is 1. The maximum atomic E-state index is 14.3. The van der Waals surface area contributed by atoms with Gasteiger partial charge in [-0.05, 0) is 48.9 Å². The third-order valence-electron chi connectivity index (χ3n) is 4.93. The molecule has 0 radical (unpaired) electrons. The van der Waals surface area contributed by atoms with Crippen molar-refractivity contribution in [2.45, 2.75) is 6.92 Å². The lowest BCUT2D eigenvalue weighted by atomic mass is 10.1. The fourth-order valence-corrected chi connectivity index (χ4v) is 3.42. The van der Waals surface area contributed by atoms with Gasteiger partial charge in [0.15, 0.2) is 12.4 Å². The van der Waals surface area contributed by atoms with E-state index in [2.05, 4.69) is 0 Å². The standard InChI is InChI=1S/C23H22ClFN2O4/c1-16(28)18-6-7-21(20(25)14-18)26-9-11-27(12-10-26)22(29)15-31-23(30)8-5-17-3-2-4-19(24)13-17/h2-8,13-14H,9-12,15H2,1H3/b8-5+. The van der Waals surface area contributed by atoms with Gasteiger partial charge in [0.1, 0.15) is 5.82 Å². The number of carbonyl (C=O) groups is 3. The number of ether oxygens (including phenoxy) is 1. The lowest BCUT2D eigenvalue weighted by Gasteiger charge is -2.36. The number of piperazine rings is 1. The Bertz CT molecular complexity index is 1020. The summed E-state index contributed by atoms with van der Waals surface area (Å²) in [5.41, 5.74) is 1.46. The number of benzene rings is 2. The summed E-state index contributed by atoms with van der Waals surface area (Å²) in [5.74, 6) is -1.60. The third-order valence-corrected chi connectivity index (χ3v) is 5.16. The number of Topliss-reactive ketones (excluding diaryl/α,β-unsaturated/α-hetero) is 1. The molecule has 0 aromatic heterocycles. The van der Waals surface area contributed by atoms with E-state index in [1.807, 2.05) is 4.90 Å². The van der Waals surface area contributed by atoms with Crippen LogP contribution in [0.3, 0.4) is 0 Å². The fourth-order valence-electron chi connectivity index (χ4n) is 3.23. The molecule has 162 valence electrons. The summed E-state index contributed by atoms with van der Waals surface area (Å²) in [4.78, 5) is 38.9. The number of esters is 1. The molecule has 1 heterocycles. The van der Waals surface area contributed by atoms with Crippen LogP contribution in [-0.2, 0) is 14.3 Å². The largest absolute Gasteiger partial charge is 0.452 e. The van der Waals surface area contributed by atoms with E-state index in [0.717, 1.165) is 5.56 Å². The molecule has 0 saturated carbocycles. The van der Waals surface area contributed by atoms with Gasteiger partial charge in [0, 0.05) is 42.8 Å². The van der Waals surface area contributed by atoms with E-state index in [1.54, 1.807) is 47.4 Å². The number of hydrogen-bond acceptors (Lipinski definition) is 5. The number of nitrogens with zero attached hydrogens (tertiary/aromatic N) is 2. The van der Waals surface area contributed by atoms with Gasteiger partial charge < -0.3 is 14.5 Å². The second kappa shape index (κ2) is 10.2. The molecule has 1 amide bonds. The SMILES string of the molecule is CC(=O)c1ccc(N2CCN(C(=O)COC(=O)/C=C/c3cccc(Cl)c3)CC2)c(F)c1. The van der Waals surface area contributed by atoms with Crippen molar-refractivity contribution in [2.24, 2.45) is 0 Å². The first-order chi connectivity index (χ1) is 14.8. The Morgan fingerprint density at radius 2 is 1.84 bits per heavy atom. The van der Waals surface area contributed by atoms with Crippen molar-refractivity contribution in [3.63, 3.8) is 0 Å². The van der Waals surface area contributed by atoms with Crippen LogP contribution in [0.4, 0.5) is 10.1 Å². The quantitative estimate of drug-likeness (QED) is 0.387. The highest BCUT2D eigenvalue weighted by Gasteiger charge is 2.23. The van der Waals surface area contributed by atoms with E-state index in [4.69, 9.17) is 16.3 Å². The van der Waals surface area contributed by atoms with Gasteiger partial charge >= 0.3 is 5.97 Å². The smallest absolute Gasteiger partial charge is 0.331 e. The van der Waals surface area contributed by atoms with Crippen molar-refractivity contribution < 1.29 is 23.5 Å². The average molecular weight is 445 g/mol. The number of halogens is 2. The van der Waals surface area contributed by atoms with Crippen molar-refractivity contribution in [2.75, 3.05) is 37.7 Å². The minimum Gasteiger partial charge on any atom is -0.452 e. The highest BCUT2D eigenvalue weighted by Crippen LogP contribution is 2.22. The Morgan fingerprint density at radius 3 is 2.48 bits per heavy atom. The Morgan fingerprint density at radius 1 is 1.10 bits per heavy atom. The average Bonchev–Trinajstić information content (AvgIpc) is 2.76. The topological polar surface area (TPSA) is 66.9 Å². The van der Waals surface area contributed by atoms with Crippen LogP contribution >= 0.6 is 11.6 Å². The molecule has 6 nitrogen and oxygen atoms in total.